The molecule has 1 saturated carbocycles. The second-order valence-electron chi connectivity index (χ2n) is 5.61. The Morgan fingerprint density at radius 3 is 2.48 bits per heavy atom. The fraction of sp³-hybridized carbons (Fsp3) is 0.222. The van der Waals surface area contributed by atoms with Crippen molar-refractivity contribution in [3.63, 3.8) is 0 Å². The van der Waals surface area contributed by atoms with E-state index < -0.39 is 5.82 Å². The zero-order valence-corrected chi connectivity index (χ0v) is 12.5. The lowest BCUT2D eigenvalue weighted by atomic mass is 10.1. The first kappa shape index (κ1) is 15.2. The molecular weight excluding hydrogens is 295 g/mol. The van der Waals surface area contributed by atoms with E-state index in [1.807, 2.05) is 0 Å². The third kappa shape index (κ3) is 3.94. The van der Waals surface area contributed by atoms with E-state index in [9.17, 15) is 14.0 Å². The highest BCUT2D eigenvalue weighted by molar-refractivity contribution is 6.04. The van der Waals surface area contributed by atoms with Crippen LogP contribution in [0.5, 0.6) is 0 Å². The van der Waals surface area contributed by atoms with E-state index in [0.717, 1.165) is 12.8 Å². The molecule has 0 spiro atoms. The van der Waals surface area contributed by atoms with Gasteiger partial charge in [0.05, 0.1) is 17.7 Å². The van der Waals surface area contributed by atoms with E-state index in [4.69, 9.17) is 0 Å². The number of nitrogens with one attached hydrogen (secondary N) is 2. The number of para-hydroxylation sites is 1. The highest BCUT2D eigenvalue weighted by Gasteiger charge is 2.25. The standard InChI is InChI=1S/C18H17FN2O2/c19-15-7-3-1-5-12(15)11-17(22)21-16-8-4-2-6-14(16)18(23)20-13-9-10-13/h1-8,13H,9-11H2,(H,20,23)(H,21,22). The van der Waals surface area contributed by atoms with Gasteiger partial charge >= 0.3 is 0 Å². The summed E-state index contributed by atoms with van der Waals surface area (Å²) in [6, 6.07) is 13.2. The topological polar surface area (TPSA) is 58.2 Å². The average molecular weight is 312 g/mol. The van der Waals surface area contributed by atoms with Gasteiger partial charge < -0.3 is 10.6 Å². The summed E-state index contributed by atoms with van der Waals surface area (Å²) in [7, 11) is 0. The van der Waals surface area contributed by atoms with Crippen LogP contribution in [0, 0.1) is 5.82 Å². The molecule has 1 aliphatic carbocycles. The van der Waals surface area contributed by atoms with Crippen LogP contribution in [0.2, 0.25) is 0 Å². The van der Waals surface area contributed by atoms with Gasteiger partial charge in [-0.15, -0.1) is 0 Å². The maximum absolute atomic E-state index is 13.6. The molecule has 4 nitrogen and oxygen atoms in total. The highest BCUT2D eigenvalue weighted by Crippen LogP contribution is 2.21. The predicted octanol–water partition coefficient (Wildman–Crippen LogP) is 2.90. The van der Waals surface area contributed by atoms with Crippen molar-refractivity contribution in [3.05, 3.63) is 65.5 Å². The van der Waals surface area contributed by atoms with Gasteiger partial charge in [-0.2, -0.15) is 0 Å². The van der Waals surface area contributed by atoms with Crippen LogP contribution in [0.15, 0.2) is 48.5 Å². The van der Waals surface area contributed by atoms with Gasteiger partial charge in [0.25, 0.3) is 5.91 Å². The molecule has 0 aliphatic heterocycles. The van der Waals surface area contributed by atoms with Gasteiger partial charge in [-0.3, -0.25) is 9.59 Å². The molecule has 0 aromatic heterocycles. The number of hydrogen-bond donors (Lipinski definition) is 2. The van der Waals surface area contributed by atoms with Crippen molar-refractivity contribution < 1.29 is 14.0 Å². The van der Waals surface area contributed by atoms with Crippen LogP contribution in [-0.4, -0.2) is 17.9 Å². The first-order valence-electron chi connectivity index (χ1n) is 7.56. The van der Waals surface area contributed by atoms with E-state index >= 15 is 0 Å². The summed E-state index contributed by atoms with van der Waals surface area (Å²) >= 11 is 0. The Kier molecular flexibility index (Phi) is 4.37. The minimum Gasteiger partial charge on any atom is -0.349 e. The number of benzene rings is 2. The van der Waals surface area contributed by atoms with Crippen molar-refractivity contribution in [1.82, 2.24) is 5.32 Å². The Labute approximate surface area is 133 Å². The number of hydrogen-bond acceptors (Lipinski definition) is 2. The molecule has 5 heteroatoms. The average Bonchev–Trinajstić information content (AvgIpc) is 3.34. The molecule has 0 radical (unpaired) electrons. The van der Waals surface area contributed by atoms with Crippen molar-refractivity contribution in [2.75, 3.05) is 5.32 Å². The fourth-order valence-corrected chi connectivity index (χ4v) is 2.29. The van der Waals surface area contributed by atoms with Crippen LogP contribution >= 0.6 is 0 Å². The lowest BCUT2D eigenvalue weighted by Gasteiger charge is -2.11. The summed E-state index contributed by atoms with van der Waals surface area (Å²) < 4.78 is 13.6. The second kappa shape index (κ2) is 6.60. The Hall–Kier alpha value is -2.69. The monoisotopic (exact) mass is 312 g/mol. The first-order valence-corrected chi connectivity index (χ1v) is 7.56. The Balaban J connectivity index is 1.70. The molecule has 2 N–H and O–H groups in total. The van der Waals surface area contributed by atoms with Crippen molar-refractivity contribution in [1.29, 1.82) is 0 Å². The van der Waals surface area contributed by atoms with Crippen LogP contribution in [0.4, 0.5) is 10.1 Å². The van der Waals surface area contributed by atoms with Crippen molar-refractivity contribution in [2.24, 2.45) is 0 Å². The van der Waals surface area contributed by atoms with Gasteiger partial charge in [-0.05, 0) is 36.6 Å². The van der Waals surface area contributed by atoms with Gasteiger partial charge in [0.1, 0.15) is 5.82 Å². The summed E-state index contributed by atoms with van der Waals surface area (Å²) in [5.41, 5.74) is 1.18. The fourth-order valence-electron chi connectivity index (χ4n) is 2.29. The number of carbonyl (C=O) groups is 2. The van der Waals surface area contributed by atoms with E-state index in [0.29, 0.717) is 16.8 Å². The molecule has 0 heterocycles. The number of anilines is 1. The summed E-state index contributed by atoms with van der Waals surface area (Å²) in [5, 5.41) is 5.59. The lowest BCUT2D eigenvalue weighted by Crippen LogP contribution is -2.27. The highest BCUT2D eigenvalue weighted by atomic mass is 19.1. The SMILES string of the molecule is O=C(Cc1ccccc1F)Nc1ccccc1C(=O)NC1CC1. The van der Waals surface area contributed by atoms with Gasteiger partial charge in [0.15, 0.2) is 0 Å². The molecule has 3 rings (SSSR count). The first-order chi connectivity index (χ1) is 11.1. The second-order valence-corrected chi connectivity index (χ2v) is 5.61. The molecule has 1 fully saturated rings. The summed E-state index contributed by atoms with van der Waals surface area (Å²) in [6.07, 6.45) is 1.91. The molecule has 2 amide bonds. The van der Waals surface area contributed by atoms with E-state index in [-0.39, 0.29) is 24.3 Å². The molecule has 2 aromatic rings. The van der Waals surface area contributed by atoms with E-state index in [1.54, 1.807) is 42.5 Å². The summed E-state index contributed by atoms with van der Waals surface area (Å²) in [4.78, 5) is 24.3. The van der Waals surface area contributed by atoms with E-state index in [1.165, 1.54) is 6.07 Å². The number of rotatable bonds is 5. The van der Waals surface area contributed by atoms with Crippen LogP contribution in [0.1, 0.15) is 28.8 Å². The molecule has 0 atom stereocenters. The van der Waals surface area contributed by atoms with Crippen LogP contribution < -0.4 is 10.6 Å². The van der Waals surface area contributed by atoms with Crippen LogP contribution in [0.25, 0.3) is 0 Å². The zero-order chi connectivity index (χ0) is 16.2. The quantitative estimate of drug-likeness (QED) is 0.892. The van der Waals surface area contributed by atoms with Crippen molar-refractivity contribution >= 4 is 17.5 Å². The third-order valence-corrected chi connectivity index (χ3v) is 3.67. The van der Waals surface area contributed by atoms with E-state index in [2.05, 4.69) is 10.6 Å². The Bertz CT molecular complexity index is 741. The molecule has 23 heavy (non-hydrogen) atoms. The predicted molar refractivity (Wildman–Crippen MR) is 85.7 cm³/mol. The minimum absolute atomic E-state index is 0.0781. The maximum Gasteiger partial charge on any atom is 0.253 e. The van der Waals surface area contributed by atoms with Crippen molar-refractivity contribution in [2.45, 2.75) is 25.3 Å². The number of amides is 2. The minimum atomic E-state index is -0.414. The Morgan fingerprint density at radius 1 is 1.04 bits per heavy atom. The van der Waals surface area contributed by atoms with Gasteiger partial charge in [0, 0.05) is 6.04 Å². The molecular formula is C18H17FN2O2. The van der Waals surface area contributed by atoms with Gasteiger partial charge in [0.2, 0.25) is 5.91 Å². The Morgan fingerprint density at radius 2 is 1.74 bits per heavy atom. The molecule has 1 aliphatic rings. The molecule has 2 aromatic carbocycles. The van der Waals surface area contributed by atoms with Crippen LogP contribution in [-0.2, 0) is 11.2 Å². The van der Waals surface area contributed by atoms with Crippen molar-refractivity contribution in [3.8, 4) is 0 Å². The maximum atomic E-state index is 13.6. The smallest absolute Gasteiger partial charge is 0.253 e. The van der Waals surface area contributed by atoms with Crippen LogP contribution in [0.3, 0.4) is 0 Å². The molecule has 0 saturated heterocycles. The van der Waals surface area contributed by atoms with Gasteiger partial charge in [-0.1, -0.05) is 30.3 Å². The normalized spacial score (nSPS) is 13.4. The third-order valence-electron chi connectivity index (χ3n) is 3.67. The molecule has 0 bridgehead atoms. The summed E-state index contributed by atoms with van der Waals surface area (Å²) in [6.45, 7) is 0. The molecule has 118 valence electrons. The van der Waals surface area contributed by atoms with Gasteiger partial charge in [-0.25, -0.2) is 4.39 Å². The number of carbonyl (C=O) groups excluding carboxylic acids is 2. The lowest BCUT2D eigenvalue weighted by molar-refractivity contribution is -0.115. The molecule has 0 unspecified atom stereocenters. The summed E-state index contributed by atoms with van der Waals surface area (Å²) in [5.74, 6) is -0.974. The number of halogens is 1. The largest absolute Gasteiger partial charge is 0.349 e. The zero-order valence-electron chi connectivity index (χ0n) is 12.5.